The molecule has 0 aliphatic carbocycles. The lowest BCUT2D eigenvalue weighted by molar-refractivity contribution is -0.124. The lowest BCUT2D eigenvalue weighted by atomic mass is 10.2. The molecule has 23 heavy (non-hydrogen) atoms. The van der Waals surface area contributed by atoms with Crippen molar-refractivity contribution in [1.82, 2.24) is 5.32 Å². The number of hydrogen-bond donors (Lipinski definition) is 1. The summed E-state index contributed by atoms with van der Waals surface area (Å²) in [5.41, 5.74) is 0.290. The van der Waals surface area contributed by atoms with Crippen molar-refractivity contribution in [3.05, 3.63) is 52.5 Å². The second-order valence-electron chi connectivity index (χ2n) is 4.85. The van der Waals surface area contributed by atoms with Gasteiger partial charge in [0.15, 0.2) is 0 Å². The van der Waals surface area contributed by atoms with Crippen LogP contribution in [0.4, 0.5) is 5.69 Å². The van der Waals surface area contributed by atoms with Crippen LogP contribution in [0.2, 0.25) is 10.0 Å². The molecule has 1 aromatic rings. The smallest absolute Gasteiger partial charge is 0.256 e. The zero-order valence-corrected chi connectivity index (χ0v) is 13.8. The van der Waals surface area contributed by atoms with E-state index in [1.165, 1.54) is 24.3 Å². The molecule has 0 spiro atoms. The highest BCUT2D eigenvalue weighted by Crippen LogP contribution is 2.29. The van der Waals surface area contributed by atoms with E-state index in [1.807, 2.05) is 6.92 Å². The van der Waals surface area contributed by atoms with Crippen LogP contribution in [0.1, 0.15) is 13.3 Å². The number of halogens is 2. The minimum absolute atomic E-state index is 0.105. The molecule has 7 heteroatoms. The van der Waals surface area contributed by atoms with E-state index in [1.54, 1.807) is 18.2 Å². The number of benzene rings is 1. The fraction of sp³-hybridized carbons (Fsp3) is 0.188. The maximum absolute atomic E-state index is 12.4. The number of anilines is 1. The van der Waals surface area contributed by atoms with Gasteiger partial charge in [0, 0.05) is 16.1 Å². The number of allylic oxidation sites excluding steroid dienone is 3. The summed E-state index contributed by atoms with van der Waals surface area (Å²) in [5.74, 6) is -1.38. The van der Waals surface area contributed by atoms with E-state index in [2.05, 4.69) is 5.32 Å². The summed E-state index contributed by atoms with van der Waals surface area (Å²) in [6, 6.07) is 3.55. The molecule has 2 rings (SSSR count). The first-order chi connectivity index (χ1) is 10.9. The van der Waals surface area contributed by atoms with Crippen LogP contribution in [-0.4, -0.2) is 23.8 Å². The Bertz CT molecular complexity index is 693. The standard InChI is InChI=1S/C16H14Cl2N2O3/c1-2-3-4-5-14(21)19-13-9-15(22)20(16(13)23)12-7-10(17)6-11(18)8-12/h2-8,13H,9H2,1H3,(H,19,21). The largest absolute Gasteiger partial charge is 0.340 e. The second-order valence-corrected chi connectivity index (χ2v) is 5.72. The van der Waals surface area contributed by atoms with E-state index in [-0.39, 0.29) is 6.42 Å². The van der Waals surface area contributed by atoms with Gasteiger partial charge in [0.1, 0.15) is 6.04 Å². The van der Waals surface area contributed by atoms with Crippen molar-refractivity contribution in [2.75, 3.05) is 4.90 Å². The molecule has 120 valence electrons. The van der Waals surface area contributed by atoms with Crippen molar-refractivity contribution >= 4 is 46.6 Å². The molecule has 0 saturated carbocycles. The Balaban J connectivity index is 2.15. The van der Waals surface area contributed by atoms with Crippen LogP contribution in [-0.2, 0) is 14.4 Å². The van der Waals surface area contributed by atoms with Crippen molar-refractivity contribution < 1.29 is 14.4 Å². The number of nitrogens with one attached hydrogen (secondary N) is 1. The molecule has 1 atom stereocenters. The Kier molecular flexibility index (Phi) is 5.58. The van der Waals surface area contributed by atoms with Crippen LogP contribution in [0, 0.1) is 0 Å². The van der Waals surface area contributed by atoms with E-state index in [9.17, 15) is 14.4 Å². The summed E-state index contributed by atoms with van der Waals surface area (Å²) in [4.78, 5) is 37.2. The number of imide groups is 1. The van der Waals surface area contributed by atoms with Crippen LogP contribution in [0.3, 0.4) is 0 Å². The molecular formula is C16H14Cl2N2O3. The van der Waals surface area contributed by atoms with E-state index >= 15 is 0 Å². The third kappa shape index (κ3) is 4.21. The quantitative estimate of drug-likeness (QED) is 0.514. The number of amides is 3. The summed E-state index contributed by atoms with van der Waals surface area (Å²) in [5, 5.41) is 3.14. The fourth-order valence-electron chi connectivity index (χ4n) is 2.16. The highest BCUT2D eigenvalue weighted by molar-refractivity contribution is 6.35. The Morgan fingerprint density at radius 1 is 1.22 bits per heavy atom. The van der Waals surface area contributed by atoms with Crippen molar-refractivity contribution in [3.8, 4) is 0 Å². The molecule has 0 radical (unpaired) electrons. The summed E-state index contributed by atoms with van der Waals surface area (Å²) < 4.78 is 0. The first-order valence-electron chi connectivity index (χ1n) is 6.85. The first-order valence-corrected chi connectivity index (χ1v) is 7.60. The lowest BCUT2D eigenvalue weighted by Crippen LogP contribution is -2.41. The third-order valence-electron chi connectivity index (χ3n) is 3.12. The Hall–Kier alpha value is -2.11. The normalized spacial score (nSPS) is 18.4. The Labute approximate surface area is 143 Å². The Morgan fingerprint density at radius 2 is 1.87 bits per heavy atom. The molecule has 1 saturated heterocycles. The van der Waals surface area contributed by atoms with Crippen LogP contribution in [0.25, 0.3) is 0 Å². The molecule has 3 amide bonds. The van der Waals surface area contributed by atoms with Gasteiger partial charge in [0.05, 0.1) is 12.1 Å². The van der Waals surface area contributed by atoms with Gasteiger partial charge in [-0.1, -0.05) is 41.4 Å². The fourth-order valence-corrected chi connectivity index (χ4v) is 2.67. The van der Waals surface area contributed by atoms with E-state index in [0.717, 1.165) is 4.90 Å². The van der Waals surface area contributed by atoms with Gasteiger partial charge in [-0.2, -0.15) is 0 Å². The van der Waals surface area contributed by atoms with Crippen LogP contribution in [0.15, 0.2) is 42.5 Å². The molecule has 1 heterocycles. The predicted octanol–water partition coefficient (Wildman–Crippen LogP) is 2.87. The number of carbonyl (C=O) groups is 3. The molecule has 1 fully saturated rings. The lowest BCUT2D eigenvalue weighted by Gasteiger charge is -2.16. The summed E-state index contributed by atoms with van der Waals surface area (Å²) in [6.07, 6.45) is 6.17. The molecule has 0 aromatic heterocycles. The summed E-state index contributed by atoms with van der Waals surface area (Å²) in [6.45, 7) is 1.81. The van der Waals surface area contributed by atoms with E-state index in [0.29, 0.717) is 15.7 Å². The molecule has 5 nitrogen and oxygen atoms in total. The minimum Gasteiger partial charge on any atom is -0.340 e. The first kappa shape index (κ1) is 17.2. The van der Waals surface area contributed by atoms with Crippen LogP contribution in [0.5, 0.6) is 0 Å². The molecule has 1 unspecified atom stereocenters. The van der Waals surface area contributed by atoms with Gasteiger partial charge in [-0.15, -0.1) is 0 Å². The van der Waals surface area contributed by atoms with E-state index in [4.69, 9.17) is 23.2 Å². The van der Waals surface area contributed by atoms with Gasteiger partial charge in [0.2, 0.25) is 11.8 Å². The Morgan fingerprint density at radius 3 is 2.48 bits per heavy atom. The predicted molar refractivity (Wildman–Crippen MR) is 89.5 cm³/mol. The molecule has 1 aromatic carbocycles. The monoisotopic (exact) mass is 352 g/mol. The van der Waals surface area contributed by atoms with Gasteiger partial charge in [-0.25, -0.2) is 4.90 Å². The van der Waals surface area contributed by atoms with Gasteiger partial charge in [0.25, 0.3) is 5.91 Å². The van der Waals surface area contributed by atoms with Crippen molar-refractivity contribution in [2.45, 2.75) is 19.4 Å². The number of carbonyl (C=O) groups excluding carboxylic acids is 3. The summed E-state index contributed by atoms with van der Waals surface area (Å²) in [7, 11) is 0. The molecular weight excluding hydrogens is 339 g/mol. The second kappa shape index (κ2) is 7.44. The van der Waals surface area contributed by atoms with E-state index < -0.39 is 23.8 Å². The SMILES string of the molecule is CC=CC=CC(=O)NC1CC(=O)N(c2cc(Cl)cc(Cl)c2)C1=O. The van der Waals surface area contributed by atoms with Crippen LogP contribution >= 0.6 is 23.2 Å². The van der Waals surface area contributed by atoms with Gasteiger partial charge in [-0.3, -0.25) is 14.4 Å². The maximum Gasteiger partial charge on any atom is 0.256 e. The number of hydrogen-bond acceptors (Lipinski definition) is 3. The molecule has 1 aliphatic rings. The van der Waals surface area contributed by atoms with Gasteiger partial charge < -0.3 is 5.32 Å². The number of nitrogens with zero attached hydrogens (tertiary/aromatic N) is 1. The van der Waals surface area contributed by atoms with Gasteiger partial charge in [-0.05, 0) is 25.1 Å². The highest BCUT2D eigenvalue weighted by atomic mass is 35.5. The maximum atomic E-state index is 12.4. The topological polar surface area (TPSA) is 66.5 Å². The zero-order valence-electron chi connectivity index (χ0n) is 12.3. The van der Waals surface area contributed by atoms with Gasteiger partial charge >= 0.3 is 0 Å². The molecule has 1 aliphatic heterocycles. The summed E-state index contributed by atoms with van der Waals surface area (Å²) >= 11 is 11.8. The average Bonchev–Trinajstić information content (AvgIpc) is 2.72. The zero-order chi connectivity index (χ0) is 17.0. The van der Waals surface area contributed by atoms with Crippen LogP contribution < -0.4 is 10.2 Å². The molecule has 1 N–H and O–H groups in total. The van der Waals surface area contributed by atoms with Crippen molar-refractivity contribution in [1.29, 1.82) is 0 Å². The minimum atomic E-state index is -0.900. The average molecular weight is 353 g/mol. The molecule has 0 bridgehead atoms. The van der Waals surface area contributed by atoms with Crippen molar-refractivity contribution in [2.24, 2.45) is 0 Å². The van der Waals surface area contributed by atoms with Crippen molar-refractivity contribution in [3.63, 3.8) is 0 Å². The third-order valence-corrected chi connectivity index (χ3v) is 3.56. The highest BCUT2D eigenvalue weighted by Gasteiger charge is 2.40. The number of rotatable bonds is 4.